The van der Waals surface area contributed by atoms with Crippen LogP contribution in [-0.4, -0.2) is 25.1 Å². The van der Waals surface area contributed by atoms with Gasteiger partial charge in [-0.1, -0.05) is 0 Å². The first-order chi connectivity index (χ1) is 6.84. The van der Waals surface area contributed by atoms with E-state index in [1.165, 1.54) is 0 Å². The number of nitrogens with two attached hydrogens (primary N) is 1. The normalized spacial score (nSPS) is 11.1. The van der Waals surface area contributed by atoms with Crippen LogP contribution in [0.2, 0.25) is 0 Å². The van der Waals surface area contributed by atoms with Crippen molar-refractivity contribution in [2.75, 3.05) is 5.73 Å². The lowest BCUT2D eigenvalue weighted by Gasteiger charge is -1.90. The van der Waals surface area contributed by atoms with Crippen molar-refractivity contribution in [1.82, 2.24) is 25.1 Å². The summed E-state index contributed by atoms with van der Waals surface area (Å²) in [7, 11) is 0. The molecule has 0 fully saturated rings. The third kappa shape index (κ3) is 0.846. The molecule has 0 radical (unpaired) electrons. The molecule has 0 aliphatic heterocycles. The Morgan fingerprint density at radius 3 is 3.07 bits per heavy atom. The molecule has 0 bridgehead atoms. The molecule has 3 heterocycles. The van der Waals surface area contributed by atoms with E-state index in [-0.39, 0.29) is 5.95 Å². The molecule has 6 nitrogen and oxygen atoms in total. The molecule has 0 spiro atoms. The maximum Gasteiger partial charge on any atom is 0.221 e. The third-order valence-corrected chi connectivity index (χ3v) is 2.06. The fourth-order valence-electron chi connectivity index (χ4n) is 1.44. The van der Waals surface area contributed by atoms with E-state index in [1.807, 2.05) is 6.07 Å². The van der Waals surface area contributed by atoms with Crippen LogP contribution in [0.3, 0.4) is 0 Å². The third-order valence-electron chi connectivity index (χ3n) is 2.06. The van der Waals surface area contributed by atoms with E-state index in [9.17, 15) is 0 Å². The lowest BCUT2D eigenvalue weighted by Crippen LogP contribution is -1.92. The van der Waals surface area contributed by atoms with Crippen molar-refractivity contribution in [1.29, 1.82) is 0 Å². The van der Waals surface area contributed by atoms with Gasteiger partial charge in [-0.3, -0.25) is 0 Å². The van der Waals surface area contributed by atoms with E-state index in [0.717, 1.165) is 10.8 Å². The average molecular weight is 186 g/mol. The molecule has 14 heavy (non-hydrogen) atoms. The van der Waals surface area contributed by atoms with E-state index >= 15 is 0 Å². The Kier molecular flexibility index (Phi) is 1.22. The minimum Gasteiger partial charge on any atom is -0.368 e. The Balaban J connectivity index is 2.57. The lowest BCUT2D eigenvalue weighted by atomic mass is 10.3. The van der Waals surface area contributed by atoms with Gasteiger partial charge in [0.2, 0.25) is 5.95 Å². The second-order valence-corrected chi connectivity index (χ2v) is 2.91. The highest BCUT2D eigenvalue weighted by molar-refractivity contribution is 6.03. The molecule has 68 valence electrons. The number of aromatic nitrogens is 5. The van der Waals surface area contributed by atoms with Crippen LogP contribution in [0, 0.1) is 0 Å². The standard InChI is InChI=1S/C8H6N6/c9-8-10-3-5-4-1-2-11-14-7(4)12-6(5)13-8/h1-3H,(H3,9,10,12,13,14). The number of hydrogen-bond donors (Lipinski definition) is 2. The topological polar surface area (TPSA) is 93.4 Å². The zero-order chi connectivity index (χ0) is 9.54. The van der Waals surface area contributed by atoms with Crippen molar-refractivity contribution in [2.45, 2.75) is 0 Å². The van der Waals surface area contributed by atoms with E-state index in [2.05, 4.69) is 25.1 Å². The molecule has 0 aliphatic carbocycles. The van der Waals surface area contributed by atoms with Gasteiger partial charge < -0.3 is 10.7 Å². The molecule has 0 saturated heterocycles. The summed E-state index contributed by atoms with van der Waals surface area (Å²) in [6.45, 7) is 0. The minimum atomic E-state index is 0.247. The van der Waals surface area contributed by atoms with Crippen molar-refractivity contribution in [3.05, 3.63) is 18.5 Å². The van der Waals surface area contributed by atoms with Gasteiger partial charge in [0.15, 0.2) is 5.65 Å². The molecule has 0 atom stereocenters. The van der Waals surface area contributed by atoms with Crippen LogP contribution < -0.4 is 5.73 Å². The Morgan fingerprint density at radius 2 is 2.14 bits per heavy atom. The van der Waals surface area contributed by atoms with Crippen LogP contribution in [0.15, 0.2) is 18.5 Å². The molecule has 0 aliphatic rings. The van der Waals surface area contributed by atoms with Crippen LogP contribution in [0.25, 0.3) is 22.1 Å². The maximum absolute atomic E-state index is 5.47. The second-order valence-electron chi connectivity index (χ2n) is 2.91. The molecule has 0 saturated carbocycles. The number of fused-ring (bicyclic) bond motifs is 3. The molecule has 3 aromatic heterocycles. The molecule has 3 aromatic rings. The maximum atomic E-state index is 5.47. The van der Waals surface area contributed by atoms with Gasteiger partial charge in [0.1, 0.15) is 5.65 Å². The highest BCUT2D eigenvalue weighted by Gasteiger charge is 2.06. The first kappa shape index (κ1) is 7.19. The summed E-state index contributed by atoms with van der Waals surface area (Å²) in [4.78, 5) is 11.0. The van der Waals surface area contributed by atoms with Crippen molar-refractivity contribution in [3.63, 3.8) is 0 Å². The first-order valence-electron chi connectivity index (χ1n) is 4.06. The summed E-state index contributed by atoms with van der Waals surface area (Å²) in [5.41, 5.74) is 6.85. The Labute approximate surface area is 78.2 Å². The van der Waals surface area contributed by atoms with Gasteiger partial charge in [-0.2, -0.15) is 10.1 Å². The summed E-state index contributed by atoms with van der Waals surface area (Å²) in [5, 5.41) is 9.56. The second kappa shape index (κ2) is 2.38. The zero-order valence-electron chi connectivity index (χ0n) is 7.10. The summed E-state index contributed by atoms with van der Waals surface area (Å²) < 4.78 is 0. The van der Waals surface area contributed by atoms with E-state index in [1.54, 1.807) is 12.4 Å². The Bertz CT molecular complexity index is 613. The SMILES string of the molecule is Nc1ncc2c(n1)[nH]c1nnccc12. The number of rotatable bonds is 0. The fraction of sp³-hybridized carbons (Fsp3) is 0. The predicted octanol–water partition coefficient (Wildman–Crippen LogP) is 0.483. The van der Waals surface area contributed by atoms with Gasteiger partial charge in [0, 0.05) is 17.0 Å². The van der Waals surface area contributed by atoms with Crippen molar-refractivity contribution in [2.24, 2.45) is 0 Å². The van der Waals surface area contributed by atoms with Crippen molar-refractivity contribution < 1.29 is 0 Å². The largest absolute Gasteiger partial charge is 0.368 e. The average Bonchev–Trinajstić information content (AvgIpc) is 2.54. The minimum absolute atomic E-state index is 0.247. The van der Waals surface area contributed by atoms with Crippen LogP contribution in [0.5, 0.6) is 0 Å². The van der Waals surface area contributed by atoms with E-state index in [0.29, 0.717) is 11.3 Å². The van der Waals surface area contributed by atoms with E-state index in [4.69, 9.17) is 5.73 Å². The predicted molar refractivity (Wildman–Crippen MR) is 51.4 cm³/mol. The fourth-order valence-corrected chi connectivity index (χ4v) is 1.44. The van der Waals surface area contributed by atoms with Gasteiger partial charge >= 0.3 is 0 Å². The molecule has 3 N–H and O–H groups in total. The molecule has 0 aromatic carbocycles. The number of hydrogen-bond acceptors (Lipinski definition) is 5. The lowest BCUT2D eigenvalue weighted by molar-refractivity contribution is 1.06. The highest BCUT2D eigenvalue weighted by Crippen LogP contribution is 2.20. The Morgan fingerprint density at radius 1 is 1.21 bits per heavy atom. The van der Waals surface area contributed by atoms with Crippen LogP contribution in [0.1, 0.15) is 0 Å². The number of aromatic amines is 1. The molecule has 6 heteroatoms. The summed E-state index contributed by atoms with van der Waals surface area (Å²) >= 11 is 0. The molecular weight excluding hydrogens is 180 g/mol. The number of nitrogen functional groups attached to an aromatic ring is 1. The van der Waals surface area contributed by atoms with Gasteiger partial charge in [-0.05, 0) is 6.07 Å². The van der Waals surface area contributed by atoms with Gasteiger partial charge in [-0.15, -0.1) is 5.10 Å². The monoisotopic (exact) mass is 186 g/mol. The molecule has 0 unspecified atom stereocenters. The van der Waals surface area contributed by atoms with Gasteiger partial charge in [-0.25, -0.2) is 4.98 Å². The van der Waals surface area contributed by atoms with Crippen molar-refractivity contribution in [3.8, 4) is 0 Å². The molecular formula is C8H6N6. The molecule has 0 amide bonds. The molecule has 3 rings (SSSR count). The first-order valence-corrected chi connectivity index (χ1v) is 4.06. The van der Waals surface area contributed by atoms with Crippen LogP contribution >= 0.6 is 0 Å². The summed E-state index contributed by atoms with van der Waals surface area (Å²) in [6.07, 6.45) is 3.31. The number of nitrogens with one attached hydrogen (secondary N) is 1. The smallest absolute Gasteiger partial charge is 0.221 e. The van der Waals surface area contributed by atoms with Crippen LogP contribution in [0.4, 0.5) is 5.95 Å². The number of H-pyrrole nitrogens is 1. The Hall–Kier alpha value is -2.24. The highest BCUT2D eigenvalue weighted by atomic mass is 15.1. The van der Waals surface area contributed by atoms with Gasteiger partial charge in [0.05, 0.1) is 6.20 Å². The van der Waals surface area contributed by atoms with E-state index < -0.39 is 0 Å². The van der Waals surface area contributed by atoms with Gasteiger partial charge in [0.25, 0.3) is 0 Å². The van der Waals surface area contributed by atoms with Crippen molar-refractivity contribution >= 4 is 28.0 Å². The summed E-state index contributed by atoms with van der Waals surface area (Å²) in [6, 6.07) is 1.86. The number of nitrogens with zero attached hydrogens (tertiary/aromatic N) is 4. The number of anilines is 1. The zero-order valence-corrected chi connectivity index (χ0v) is 7.10. The summed E-state index contributed by atoms with van der Waals surface area (Å²) in [5.74, 6) is 0.247. The quantitative estimate of drug-likeness (QED) is 0.532. The van der Waals surface area contributed by atoms with Crippen LogP contribution in [-0.2, 0) is 0 Å².